The summed E-state index contributed by atoms with van der Waals surface area (Å²) in [6, 6.07) is 9.01. The number of ether oxygens (including phenoxy) is 1. The summed E-state index contributed by atoms with van der Waals surface area (Å²) in [5.41, 5.74) is 0.844. The van der Waals surface area contributed by atoms with Crippen molar-refractivity contribution in [2.45, 2.75) is 77.5 Å². The first-order chi connectivity index (χ1) is 22.2. The van der Waals surface area contributed by atoms with Crippen LogP contribution in [0.3, 0.4) is 0 Å². The highest BCUT2D eigenvalue weighted by Gasteiger charge is 2.42. The Balaban J connectivity index is 1.25. The second kappa shape index (κ2) is 14.2. The van der Waals surface area contributed by atoms with Gasteiger partial charge in [-0.15, -0.1) is 0 Å². The van der Waals surface area contributed by atoms with Crippen molar-refractivity contribution in [3.8, 4) is 5.75 Å². The van der Waals surface area contributed by atoms with Gasteiger partial charge in [0.05, 0.1) is 5.92 Å². The lowest BCUT2D eigenvalue weighted by Gasteiger charge is -2.35. The Labute approximate surface area is 273 Å². The number of nitrogens with one attached hydrogen (secondary N) is 2. The van der Waals surface area contributed by atoms with E-state index >= 15 is 0 Å². The van der Waals surface area contributed by atoms with E-state index in [1.807, 2.05) is 6.92 Å². The van der Waals surface area contributed by atoms with Crippen LogP contribution in [0.4, 0.5) is 23.2 Å². The predicted molar refractivity (Wildman–Crippen MR) is 170 cm³/mol. The fourth-order valence-electron chi connectivity index (χ4n) is 6.47. The lowest BCUT2D eigenvalue weighted by molar-refractivity contribution is -0.182. The Morgan fingerprint density at radius 3 is 2.11 bits per heavy atom. The molecule has 1 atom stereocenters. The fraction of sp³-hybridized carbons (Fsp3) is 0.571. The van der Waals surface area contributed by atoms with Crippen molar-refractivity contribution in [1.82, 2.24) is 15.1 Å². The van der Waals surface area contributed by atoms with Crippen molar-refractivity contribution >= 4 is 23.4 Å². The molecule has 2 aliphatic heterocycles. The first-order valence-corrected chi connectivity index (χ1v) is 16.5. The van der Waals surface area contributed by atoms with Crippen LogP contribution in [-0.2, 0) is 4.79 Å². The summed E-state index contributed by atoms with van der Waals surface area (Å²) in [7, 11) is 0. The molecule has 3 fully saturated rings. The summed E-state index contributed by atoms with van der Waals surface area (Å²) in [6.45, 7) is 7.95. The van der Waals surface area contributed by atoms with Gasteiger partial charge in [0.25, 0.3) is 11.8 Å². The van der Waals surface area contributed by atoms with Gasteiger partial charge >= 0.3 is 6.18 Å². The third-order valence-corrected chi connectivity index (χ3v) is 9.95. The van der Waals surface area contributed by atoms with E-state index in [0.717, 1.165) is 24.6 Å². The normalized spacial score (nSPS) is 22.2. The number of alkyl halides is 3. The summed E-state index contributed by atoms with van der Waals surface area (Å²) < 4.78 is 60.8. The third-order valence-electron chi connectivity index (χ3n) is 9.95. The number of carbonyl (C=O) groups excluding carboxylic acids is 3. The average Bonchev–Trinajstić information content (AvgIpc) is 3.57. The summed E-state index contributed by atoms with van der Waals surface area (Å²) >= 11 is 0. The molecule has 2 aromatic carbocycles. The molecule has 2 saturated heterocycles. The van der Waals surface area contributed by atoms with Crippen LogP contribution in [0.1, 0.15) is 91.5 Å². The van der Waals surface area contributed by atoms with Gasteiger partial charge in [0, 0.05) is 55.0 Å². The topological polar surface area (TPSA) is 91.0 Å². The van der Waals surface area contributed by atoms with Crippen molar-refractivity contribution in [2.75, 3.05) is 44.6 Å². The molecule has 2 aromatic rings. The lowest BCUT2D eigenvalue weighted by Crippen LogP contribution is -2.50. The van der Waals surface area contributed by atoms with Gasteiger partial charge in [-0.1, -0.05) is 20.8 Å². The highest BCUT2D eigenvalue weighted by atomic mass is 19.4. The van der Waals surface area contributed by atoms with E-state index in [1.165, 1.54) is 12.1 Å². The number of nitrogens with zero attached hydrogens (tertiary/aromatic N) is 2. The molecule has 5 rings (SSSR count). The van der Waals surface area contributed by atoms with Crippen LogP contribution in [0.15, 0.2) is 36.4 Å². The Hall–Kier alpha value is -3.67. The van der Waals surface area contributed by atoms with Gasteiger partial charge in [-0.25, -0.2) is 4.39 Å². The molecule has 47 heavy (non-hydrogen) atoms. The maximum absolute atomic E-state index is 14.5. The molecule has 3 amide bonds. The summed E-state index contributed by atoms with van der Waals surface area (Å²) in [5, 5.41) is 5.96. The van der Waals surface area contributed by atoms with E-state index in [-0.39, 0.29) is 74.1 Å². The van der Waals surface area contributed by atoms with Crippen molar-refractivity contribution in [2.24, 2.45) is 11.3 Å². The zero-order valence-corrected chi connectivity index (χ0v) is 27.2. The number of hydrogen-bond donors (Lipinski definition) is 2. The largest absolute Gasteiger partial charge is 0.489 e. The maximum Gasteiger partial charge on any atom is 0.391 e. The third kappa shape index (κ3) is 8.25. The zero-order valence-electron chi connectivity index (χ0n) is 27.2. The Morgan fingerprint density at radius 1 is 0.894 bits per heavy atom. The van der Waals surface area contributed by atoms with Gasteiger partial charge in [-0.3, -0.25) is 14.4 Å². The van der Waals surface area contributed by atoms with Gasteiger partial charge < -0.3 is 25.2 Å². The highest BCUT2D eigenvalue weighted by Crippen LogP contribution is 2.45. The number of piperazine rings is 1. The Morgan fingerprint density at radius 2 is 1.53 bits per heavy atom. The molecule has 0 radical (unpaired) electrons. The molecule has 0 spiro atoms. The second-order valence-electron chi connectivity index (χ2n) is 13.6. The van der Waals surface area contributed by atoms with Gasteiger partial charge in [0.2, 0.25) is 5.91 Å². The van der Waals surface area contributed by atoms with Gasteiger partial charge in [-0.2, -0.15) is 13.2 Å². The molecule has 8 nitrogen and oxygen atoms in total. The standard InChI is InChI=1S/C35H44F4N4O4/c1-4-34(2,3)33(46)41-27-18-24(17-26(36)20-27)32(45)43-15-13-42(14-16-43)31(44)23-7-10-30(47-28-11-12-40-21-28)29(19-23)22-5-8-25(9-6-22)35(37,38)39/h7,10,17-20,22,25,28,40H,4-6,8-9,11-16,21H2,1-3H3,(H,41,46)/t22?,25?,28-/m0/s1. The van der Waals surface area contributed by atoms with Crippen molar-refractivity contribution in [1.29, 1.82) is 0 Å². The molecule has 0 unspecified atom stereocenters. The molecule has 3 aliphatic rings. The van der Waals surface area contributed by atoms with Crippen LogP contribution in [0, 0.1) is 17.2 Å². The monoisotopic (exact) mass is 660 g/mol. The van der Waals surface area contributed by atoms with E-state index in [0.29, 0.717) is 37.1 Å². The van der Waals surface area contributed by atoms with Crippen LogP contribution in [0.25, 0.3) is 0 Å². The minimum Gasteiger partial charge on any atom is -0.489 e. The van der Waals surface area contributed by atoms with Crippen molar-refractivity contribution in [3.05, 3.63) is 58.9 Å². The number of hydrogen-bond acceptors (Lipinski definition) is 5. The second-order valence-corrected chi connectivity index (χ2v) is 13.6. The first kappa shape index (κ1) is 34.7. The molecular formula is C35H44F4N4O4. The molecule has 12 heteroatoms. The lowest BCUT2D eigenvalue weighted by atomic mass is 9.78. The molecule has 0 bridgehead atoms. The van der Waals surface area contributed by atoms with Gasteiger partial charge in [0.15, 0.2) is 0 Å². The van der Waals surface area contributed by atoms with Gasteiger partial charge in [-0.05, 0) is 92.9 Å². The maximum atomic E-state index is 14.5. The number of halogens is 4. The van der Waals surface area contributed by atoms with Crippen LogP contribution in [0.5, 0.6) is 5.75 Å². The molecule has 2 N–H and O–H groups in total. The number of rotatable bonds is 8. The SMILES string of the molecule is CCC(C)(C)C(=O)Nc1cc(F)cc(C(=O)N2CCN(C(=O)c3ccc(O[C@H]4CCNC4)c(C4CCC(C(F)(F)F)CC4)c3)CC2)c1. The van der Waals surface area contributed by atoms with E-state index in [2.05, 4.69) is 10.6 Å². The molecule has 256 valence electrons. The Kier molecular flexibility index (Phi) is 10.5. The number of anilines is 1. The summed E-state index contributed by atoms with van der Waals surface area (Å²) in [6.07, 6.45) is -2.02. The van der Waals surface area contributed by atoms with Crippen molar-refractivity contribution in [3.63, 3.8) is 0 Å². The smallest absolute Gasteiger partial charge is 0.391 e. The van der Waals surface area contributed by atoms with E-state index in [9.17, 15) is 31.9 Å². The molecular weight excluding hydrogens is 616 g/mol. The number of amides is 3. The summed E-state index contributed by atoms with van der Waals surface area (Å²) in [4.78, 5) is 42.8. The quantitative estimate of drug-likeness (QED) is 0.321. The number of benzene rings is 2. The average molecular weight is 661 g/mol. The zero-order chi connectivity index (χ0) is 33.9. The highest BCUT2D eigenvalue weighted by molar-refractivity contribution is 5.99. The van der Waals surface area contributed by atoms with Crippen molar-refractivity contribution < 1.29 is 36.7 Å². The minimum absolute atomic E-state index is 0.0407. The molecule has 1 aliphatic carbocycles. The first-order valence-electron chi connectivity index (χ1n) is 16.5. The molecule has 0 aromatic heterocycles. The van der Waals surface area contributed by atoms with Crippen LogP contribution >= 0.6 is 0 Å². The Bertz CT molecular complexity index is 1460. The predicted octanol–water partition coefficient (Wildman–Crippen LogP) is 6.38. The van der Waals surface area contributed by atoms with E-state index in [1.54, 1.807) is 41.8 Å². The molecule has 2 heterocycles. The van der Waals surface area contributed by atoms with E-state index in [4.69, 9.17) is 4.74 Å². The van der Waals surface area contributed by atoms with E-state index < -0.39 is 29.2 Å². The summed E-state index contributed by atoms with van der Waals surface area (Å²) in [5.74, 6) is -2.39. The molecule has 1 saturated carbocycles. The number of carbonyl (C=O) groups is 3. The van der Waals surface area contributed by atoms with Gasteiger partial charge in [0.1, 0.15) is 17.7 Å². The minimum atomic E-state index is -4.21. The van der Waals surface area contributed by atoms with Crippen LogP contribution in [0.2, 0.25) is 0 Å². The van der Waals surface area contributed by atoms with Crippen LogP contribution in [-0.4, -0.2) is 79.1 Å². The fourth-order valence-corrected chi connectivity index (χ4v) is 6.47. The van der Waals surface area contributed by atoms with Crippen LogP contribution < -0.4 is 15.4 Å².